The van der Waals surface area contributed by atoms with E-state index >= 15 is 0 Å². The Bertz CT molecular complexity index is 795. The van der Waals surface area contributed by atoms with E-state index in [0.29, 0.717) is 41.0 Å². The van der Waals surface area contributed by atoms with Crippen molar-refractivity contribution in [2.45, 2.75) is 97.4 Å². The van der Waals surface area contributed by atoms with Crippen LogP contribution < -0.4 is 0 Å². The summed E-state index contributed by atoms with van der Waals surface area (Å²) in [4.78, 5) is 11.2. The number of hydrogen-bond acceptors (Lipinski definition) is 3. The van der Waals surface area contributed by atoms with Crippen LogP contribution in [-0.2, 0) is 4.79 Å². The zero-order valence-corrected chi connectivity index (χ0v) is 19.7. The molecule has 0 aromatic carbocycles. The van der Waals surface area contributed by atoms with Crippen LogP contribution in [0.15, 0.2) is 12.4 Å². The predicted molar refractivity (Wildman–Crippen MR) is 120 cm³/mol. The van der Waals surface area contributed by atoms with Gasteiger partial charge in [0.25, 0.3) is 0 Å². The first-order valence-corrected chi connectivity index (χ1v) is 12.9. The molecule has 0 bridgehead atoms. The smallest absolute Gasteiger partial charge is 0.303 e. The number of carboxylic acid groups (broad SMARTS) is 1. The minimum atomic E-state index is -0.648. The first-order chi connectivity index (χ1) is 14.8. The summed E-state index contributed by atoms with van der Waals surface area (Å²) >= 11 is 0. The summed E-state index contributed by atoms with van der Waals surface area (Å²) in [5.74, 6) is 3.55. The topological polar surface area (TPSA) is 68.0 Å². The number of hydrogen-bond donors (Lipinski definition) is 1. The Morgan fingerprint density at radius 1 is 1.13 bits per heavy atom. The molecule has 1 heterocycles. The van der Waals surface area contributed by atoms with E-state index in [1.165, 1.54) is 57.8 Å². The van der Waals surface area contributed by atoms with Crippen molar-refractivity contribution in [3.63, 3.8) is 0 Å². The highest BCUT2D eigenvalue weighted by atomic mass is 16.4. The molecule has 1 N–H and O–H groups in total. The fourth-order valence-electron chi connectivity index (χ4n) is 9.46. The molecule has 4 aliphatic rings. The maximum absolute atomic E-state index is 11.2. The van der Waals surface area contributed by atoms with Crippen LogP contribution in [0.1, 0.15) is 97.4 Å². The van der Waals surface area contributed by atoms with Gasteiger partial charge in [0.2, 0.25) is 0 Å². The molecule has 0 amide bonds. The molecule has 4 saturated carbocycles. The zero-order chi connectivity index (χ0) is 21.8. The van der Waals surface area contributed by atoms with Gasteiger partial charge in [-0.25, -0.2) is 4.68 Å². The Kier molecular flexibility index (Phi) is 5.45. The fraction of sp³-hybridized carbons (Fsp3) is 0.885. The van der Waals surface area contributed by atoms with Crippen LogP contribution >= 0.6 is 0 Å². The molecule has 0 radical (unpaired) electrons. The molecule has 9 atom stereocenters. The van der Waals surface area contributed by atoms with Crippen LogP contribution in [0.4, 0.5) is 0 Å². The predicted octanol–water partition coefficient (Wildman–Crippen LogP) is 5.98. The molecule has 172 valence electrons. The van der Waals surface area contributed by atoms with Crippen LogP contribution in [-0.4, -0.2) is 26.1 Å². The fourth-order valence-corrected chi connectivity index (χ4v) is 9.46. The largest absolute Gasteiger partial charge is 0.481 e. The molecule has 0 aliphatic heterocycles. The van der Waals surface area contributed by atoms with Crippen molar-refractivity contribution in [1.82, 2.24) is 15.0 Å². The number of aromatic nitrogens is 3. The molecule has 5 rings (SSSR count). The molecule has 5 nitrogen and oxygen atoms in total. The molecule has 4 fully saturated rings. The van der Waals surface area contributed by atoms with Crippen LogP contribution in [0.5, 0.6) is 0 Å². The van der Waals surface area contributed by atoms with Gasteiger partial charge in [0.15, 0.2) is 0 Å². The van der Waals surface area contributed by atoms with Crippen LogP contribution in [0.25, 0.3) is 0 Å². The number of aliphatic carboxylic acids is 1. The Hall–Kier alpha value is -1.39. The molecular formula is C26H41N3O2. The molecule has 31 heavy (non-hydrogen) atoms. The minimum absolute atomic E-state index is 0.311. The second-order valence-electron chi connectivity index (χ2n) is 12.1. The number of rotatable bonds is 5. The van der Waals surface area contributed by atoms with Crippen molar-refractivity contribution in [3.05, 3.63) is 12.4 Å². The zero-order valence-electron chi connectivity index (χ0n) is 19.7. The lowest BCUT2D eigenvalue weighted by molar-refractivity contribution is -0.141. The molecule has 1 aromatic rings. The summed E-state index contributed by atoms with van der Waals surface area (Å²) in [5.41, 5.74) is 0.837. The molecular weight excluding hydrogens is 386 g/mol. The molecule has 4 unspecified atom stereocenters. The summed E-state index contributed by atoms with van der Waals surface area (Å²) in [7, 11) is 0. The van der Waals surface area contributed by atoms with Crippen LogP contribution in [0.2, 0.25) is 0 Å². The van der Waals surface area contributed by atoms with Gasteiger partial charge in [0, 0.05) is 12.6 Å². The standard InChI is InChI=1S/C26H41N3O2/c1-17(7-10-23(30)31)19-8-9-20-24-21(11-13-26(19,20)3)25(2)12-5-4-6-18(25)16-22(24)29-15-14-27-28-29/h14-15,17-22,24H,4-13,16H2,1-3H3,(H,30,31)/t17-,18?,19-,20?,21?,22+,24?,25+,26-/m1/s1. The summed E-state index contributed by atoms with van der Waals surface area (Å²) < 4.78 is 2.22. The van der Waals surface area contributed by atoms with Gasteiger partial charge in [0.1, 0.15) is 0 Å². The summed E-state index contributed by atoms with van der Waals surface area (Å²) in [6.45, 7) is 7.52. The normalized spacial score (nSPS) is 45.4. The molecule has 0 saturated heterocycles. The van der Waals surface area contributed by atoms with Gasteiger partial charge in [-0.1, -0.05) is 38.8 Å². The summed E-state index contributed by atoms with van der Waals surface area (Å²) in [5, 5.41) is 18.0. The Morgan fingerprint density at radius 3 is 2.68 bits per heavy atom. The van der Waals surface area contributed by atoms with E-state index in [-0.39, 0.29) is 0 Å². The SMILES string of the molecule is C[C@H](CCC(=O)O)[C@H]1CCC2C3C(CC[C@@]21C)[C@@]1(C)CCCCC1C[C@@H]3n1ccnn1. The van der Waals surface area contributed by atoms with Crippen molar-refractivity contribution >= 4 is 5.97 Å². The molecule has 5 heteroatoms. The van der Waals surface area contributed by atoms with E-state index in [1.54, 1.807) is 0 Å². The second-order valence-corrected chi connectivity index (χ2v) is 12.1. The van der Waals surface area contributed by atoms with Gasteiger partial charge < -0.3 is 5.11 Å². The quantitative estimate of drug-likeness (QED) is 0.628. The van der Waals surface area contributed by atoms with Crippen molar-refractivity contribution in [1.29, 1.82) is 0 Å². The number of nitrogens with zero attached hydrogens (tertiary/aromatic N) is 3. The first-order valence-electron chi connectivity index (χ1n) is 12.9. The third-order valence-electron chi connectivity index (χ3n) is 11.0. The minimum Gasteiger partial charge on any atom is -0.481 e. The Morgan fingerprint density at radius 2 is 1.94 bits per heavy atom. The Labute approximate surface area is 187 Å². The Balaban J connectivity index is 1.47. The number of fused-ring (bicyclic) bond motifs is 5. The third-order valence-corrected chi connectivity index (χ3v) is 11.0. The third kappa shape index (κ3) is 3.36. The number of carboxylic acids is 1. The van der Waals surface area contributed by atoms with E-state index in [4.69, 9.17) is 0 Å². The molecule has 4 aliphatic carbocycles. The molecule has 0 spiro atoms. The monoisotopic (exact) mass is 427 g/mol. The van der Waals surface area contributed by atoms with E-state index < -0.39 is 5.97 Å². The summed E-state index contributed by atoms with van der Waals surface area (Å²) in [6.07, 6.45) is 17.2. The van der Waals surface area contributed by atoms with E-state index in [1.807, 2.05) is 6.20 Å². The van der Waals surface area contributed by atoms with E-state index in [9.17, 15) is 9.90 Å². The molecule has 1 aromatic heterocycles. The van der Waals surface area contributed by atoms with Crippen LogP contribution in [0, 0.1) is 46.3 Å². The van der Waals surface area contributed by atoms with Crippen molar-refractivity contribution < 1.29 is 9.90 Å². The highest BCUT2D eigenvalue weighted by Gasteiger charge is 2.63. The highest BCUT2D eigenvalue weighted by molar-refractivity contribution is 5.66. The maximum atomic E-state index is 11.2. The lowest BCUT2D eigenvalue weighted by Crippen LogP contribution is -2.56. The average Bonchev–Trinajstić information content (AvgIpc) is 3.38. The van der Waals surface area contributed by atoms with Gasteiger partial charge in [-0.15, -0.1) is 5.10 Å². The van der Waals surface area contributed by atoms with E-state index in [2.05, 4.69) is 42.0 Å². The van der Waals surface area contributed by atoms with Gasteiger partial charge >= 0.3 is 5.97 Å². The van der Waals surface area contributed by atoms with Gasteiger partial charge in [-0.3, -0.25) is 4.79 Å². The van der Waals surface area contributed by atoms with Gasteiger partial charge in [0.05, 0.1) is 12.2 Å². The van der Waals surface area contributed by atoms with Crippen molar-refractivity contribution in [2.75, 3.05) is 0 Å². The first kappa shape index (κ1) is 21.5. The van der Waals surface area contributed by atoms with Crippen LogP contribution in [0.3, 0.4) is 0 Å². The number of carbonyl (C=O) groups is 1. The second kappa shape index (κ2) is 7.88. The van der Waals surface area contributed by atoms with Gasteiger partial charge in [-0.05, 0) is 97.7 Å². The lowest BCUT2D eigenvalue weighted by atomic mass is 9.43. The van der Waals surface area contributed by atoms with Gasteiger partial charge in [-0.2, -0.15) is 0 Å². The highest BCUT2D eigenvalue weighted by Crippen LogP contribution is 2.70. The van der Waals surface area contributed by atoms with Crippen molar-refractivity contribution in [3.8, 4) is 0 Å². The van der Waals surface area contributed by atoms with Crippen molar-refractivity contribution in [2.24, 2.45) is 46.3 Å². The maximum Gasteiger partial charge on any atom is 0.303 e. The summed E-state index contributed by atoms with van der Waals surface area (Å²) in [6, 6.07) is 0.487. The average molecular weight is 428 g/mol. The lowest BCUT2D eigenvalue weighted by Gasteiger charge is -2.62. The van der Waals surface area contributed by atoms with E-state index in [0.717, 1.165) is 24.2 Å².